The number of carbonyl (C=O) groups is 1. The van der Waals surface area contributed by atoms with Crippen LogP contribution in [0.3, 0.4) is 0 Å². The zero-order valence-electron chi connectivity index (χ0n) is 17.7. The highest BCUT2D eigenvalue weighted by Crippen LogP contribution is 2.21. The highest BCUT2D eigenvalue weighted by Gasteiger charge is 2.20. The molecule has 0 fully saturated rings. The molecule has 0 bridgehead atoms. The van der Waals surface area contributed by atoms with Crippen LogP contribution in [0.5, 0.6) is 5.75 Å². The Labute approximate surface area is 186 Å². The summed E-state index contributed by atoms with van der Waals surface area (Å²) in [5.41, 5.74) is 2.73. The van der Waals surface area contributed by atoms with Gasteiger partial charge in [0.15, 0.2) is 0 Å². The molecule has 0 radical (unpaired) electrons. The fourth-order valence-corrected chi connectivity index (χ4v) is 3.26. The van der Waals surface area contributed by atoms with E-state index in [4.69, 9.17) is 4.74 Å². The predicted molar refractivity (Wildman–Crippen MR) is 124 cm³/mol. The van der Waals surface area contributed by atoms with Crippen LogP contribution in [0.4, 0.5) is 5.69 Å². The van der Waals surface area contributed by atoms with Crippen molar-refractivity contribution in [3.8, 4) is 5.75 Å². The summed E-state index contributed by atoms with van der Waals surface area (Å²) in [6.07, 6.45) is 0. The van der Waals surface area contributed by atoms with E-state index in [1.54, 1.807) is 4.90 Å². The summed E-state index contributed by atoms with van der Waals surface area (Å²) in [6.45, 7) is 0.847. The maximum absolute atomic E-state index is 13.3. The molecule has 1 aromatic heterocycles. The number of para-hydroxylation sites is 1. The maximum Gasteiger partial charge on any atom is 0.279 e. The Balaban J connectivity index is 1.52. The SMILES string of the molecule is Cn1nc(C(=O)N(Cc2ccc(OCc3ccccc3)cc2)c2ccccc2)ccc1=O. The van der Waals surface area contributed by atoms with Crippen molar-refractivity contribution in [2.24, 2.45) is 7.05 Å². The Morgan fingerprint density at radius 1 is 0.844 bits per heavy atom. The normalized spacial score (nSPS) is 10.5. The number of nitrogens with zero attached hydrogens (tertiary/aromatic N) is 3. The molecule has 0 aliphatic carbocycles. The van der Waals surface area contributed by atoms with Crippen LogP contribution < -0.4 is 15.2 Å². The molecule has 0 aliphatic rings. The second-order valence-electron chi connectivity index (χ2n) is 7.33. The molecule has 1 heterocycles. The van der Waals surface area contributed by atoms with Gasteiger partial charge in [-0.25, -0.2) is 4.68 Å². The van der Waals surface area contributed by atoms with Gasteiger partial charge in [0, 0.05) is 18.8 Å². The Bertz CT molecular complexity index is 1240. The van der Waals surface area contributed by atoms with Gasteiger partial charge in [0.25, 0.3) is 11.5 Å². The number of anilines is 1. The fourth-order valence-electron chi connectivity index (χ4n) is 3.26. The lowest BCUT2D eigenvalue weighted by Gasteiger charge is -2.23. The number of amides is 1. The van der Waals surface area contributed by atoms with E-state index in [9.17, 15) is 9.59 Å². The summed E-state index contributed by atoms with van der Waals surface area (Å²) in [5, 5.41) is 4.12. The Morgan fingerprint density at radius 3 is 2.16 bits per heavy atom. The summed E-state index contributed by atoms with van der Waals surface area (Å²) >= 11 is 0. The van der Waals surface area contributed by atoms with Gasteiger partial charge in [-0.2, -0.15) is 5.10 Å². The smallest absolute Gasteiger partial charge is 0.279 e. The number of hydrogen-bond acceptors (Lipinski definition) is 4. The van der Waals surface area contributed by atoms with E-state index in [-0.39, 0.29) is 17.2 Å². The van der Waals surface area contributed by atoms with E-state index in [1.165, 1.54) is 19.2 Å². The molecule has 160 valence electrons. The van der Waals surface area contributed by atoms with Crippen LogP contribution in [0.15, 0.2) is 102 Å². The van der Waals surface area contributed by atoms with Crippen molar-refractivity contribution in [2.75, 3.05) is 4.90 Å². The van der Waals surface area contributed by atoms with Crippen molar-refractivity contribution in [2.45, 2.75) is 13.2 Å². The monoisotopic (exact) mass is 425 g/mol. The third-order valence-corrected chi connectivity index (χ3v) is 5.00. The molecule has 6 heteroatoms. The number of benzene rings is 3. The third-order valence-electron chi connectivity index (χ3n) is 5.00. The van der Waals surface area contributed by atoms with E-state index in [0.29, 0.717) is 13.2 Å². The molecule has 0 saturated heterocycles. The number of carbonyl (C=O) groups excluding carboxylic acids is 1. The van der Waals surface area contributed by atoms with Crippen molar-refractivity contribution in [1.82, 2.24) is 9.78 Å². The van der Waals surface area contributed by atoms with E-state index in [2.05, 4.69) is 5.10 Å². The molecule has 4 rings (SSSR count). The van der Waals surface area contributed by atoms with E-state index in [1.807, 2.05) is 84.9 Å². The van der Waals surface area contributed by atoms with Crippen molar-refractivity contribution < 1.29 is 9.53 Å². The topological polar surface area (TPSA) is 64.4 Å². The van der Waals surface area contributed by atoms with Gasteiger partial charge in [0.2, 0.25) is 0 Å². The van der Waals surface area contributed by atoms with Crippen LogP contribution in [0.1, 0.15) is 21.6 Å². The van der Waals surface area contributed by atoms with Crippen LogP contribution in [-0.4, -0.2) is 15.7 Å². The summed E-state index contributed by atoms with van der Waals surface area (Å²) < 4.78 is 7.02. The van der Waals surface area contributed by atoms with Crippen molar-refractivity contribution >= 4 is 11.6 Å². The summed E-state index contributed by atoms with van der Waals surface area (Å²) in [5.74, 6) is 0.478. The zero-order valence-corrected chi connectivity index (χ0v) is 17.7. The molecule has 0 aliphatic heterocycles. The molecule has 6 nitrogen and oxygen atoms in total. The molecular weight excluding hydrogens is 402 g/mol. The molecule has 3 aromatic carbocycles. The minimum absolute atomic E-state index is 0.207. The van der Waals surface area contributed by atoms with Crippen molar-refractivity contribution in [3.05, 3.63) is 124 Å². The zero-order chi connectivity index (χ0) is 22.3. The lowest BCUT2D eigenvalue weighted by atomic mass is 10.1. The van der Waals surface area contributed by atoms with Gasteiger partial charge in [0.05, 0.1) is 6.54 Å². The number of ether oxygens (including phenoxy) is 1. The number of aryl methyl sites for hydroxylation is 1. The maximum atomic E-state index is 13.3. The molecule has 0 spiro atoms. The van der Waals surface area contributed by atoms with Gasteiger partial charge in [-0.05, 0) is 41.5 Å². The van der Waals surface area contributed by atoms with E-state index in [0.717, 1.165) is 27.2 Å². The first-order valence-corrected chi connectivity index (χ1v) is 10.3. The molecule has 0 unspecified atom stereocenters. The van der Waals surface area contributed by atoms with E-state index < -0.39 is 0 Å². The molecule has 0 saturated carbocycles. The largest absolute Gasteiger partial charge is 0.489 e. The second kappa shape index (κ2) is 9.75. The van der Waals surface area contributed by atoms with Crippen LogP contribution >= 0.6 is 0 Å². The van der Waals surface area contributed by atoms with Gasteiger partial charge in [-0.15, -0.1) is 0 Å². The van der Waals surface area contributed by atoms with Gasteiger partial charge in [-0.3, -0.25) is 9.59 Å². The second-order valence-corrected chi connectivity index (χ2v) is 7.33. The van der Waals surface area contributed by atoms with Crippen molar-refractivity contribution in [1.29, 1.82) is 0 Å². The molecule has 1 amide bonds. The van der Waals surface area contributed by atoms with Crippen molar-refractivity contribution in [3.63, 3.8) is 0 Å². The number of hydrogen-bond donors (Lipinski definition) is 0. The molecule has 4 aromatic rings. The quantitative estimate of drug-likeness (QED) is 0.445. The Hall–Kier alpha value is -4.19. The number of rotatable bonds is 7. The van der Waals surface area contributed by atoms with Crippen LogP contribution in [-0.2, 0) is 20.2 Å². The summed E-state index contributed by atoms with van der Waals surface area (Å²) in [7, 11) is 1.53. The molecule has 0 N–H and O–H groups in total. The Kier molecular flexibility index (Phi) is 6.41. The lowest BCUT2D eigenvalue weighted by molar-refractivity contribution is 0.0978. The highest BCUT2D eigenvalue weighted by molar-refractivity contribution is 6.04. The van der Waals surface area contributed by atoms with Gasteiger partial charge in [0.1, 0.15) is 18.1 Å². The predicted octanol–water partition coefficient (Wildman–Crippen LogP) is 4.21. The minimum Gasteiger partial charge on any atom is -0.489 e. The third kappa shape index (κ3) is 5.10. The molecular formula is C26H23N3O3. The number of aromatic nitrogens is 2. The average molecular weight is 425 g/mol. The van der Waals surface area contributed by atoms with Gasteiger partial charge in [-0.1, -0.05) is 60.7 Å². The highest BCUT2D eigenvalue weighted by atomic mass is 16.5. The first-order chi connectivity index (χ1) is 15.6. The van der Waals surface area contributed by atoms with Crippen LogP contribution in [0.2, 0.25) is 0 Å². The first kappa shape index (κ1) is 21.1. The average Bonchev–Trinajstić information content (AvgIpc) is 2.84. The molecule has 32 heavy (non-hydrogen) atoms. The van der Waals surface area contributed by atoms with E-state index >= 15 is 0 Å². The summed E-state index contributed by atoms with van der Waals surface area (Å²) in [4.78, 5) is 26.6. The Morgan fingerprint density at radius 2 is 1.50 bits per heavy atom. The summed E-state index contributed by atoms with van der Waals surface area (Å²) in [6, 6.07) is 29.9. The fraction of sp³-hybridized carbons (Fsp3) is 0.115. The van der Waals surface area contributed by atoms with Crippen LogP contribution in [0.25, 0.3) is 0 Å². The van der Waals surface area contributed by atoms with Crippen LogP contribution in [0, 0.1) is 0 Å². The molecule has 0 atom stereocenters. The van der Waals surface area contributed by atoms with Gasteiger partial charge < -0.3 is 9.64 Å². The van der Waals surface area contributed by atoms with Gasteiger partial charge >= 0.3 is 0 Å². The lowest BCUT2D eigenvalue weighted by Crippen LogP contribution is -2.33. The standard InChI is InChI=1S/C26H23N3O3/c1-28-25(30)17-16-24(27-28)26(31)29(22-10-6-3-7-11-22)18-20-12-14-23(15-13-20)32-19-21-8-4-2-5-9-21/h2-17H,18-19H2,1H3. The first-order valence-electron chi connectivity index (χ1n) is 10.3. The minimum atomic E-state index is -0.281.